The number of carbonyl (C=O) groups is 1. The fourth-order valence-electron chi connectivity index (χ4n) is 1.74. The molecule has 4 nitrogen and oxygen atoms in total. The largest absolute Gasteiger partial charge is 0.456 e. The van der Waals surface area contributed by atoms with Crippen molar-refractivity contribution in [1.29, 1.82) is 5.53 Å². The summed E-state index contributed by atoms with van der Waals surface area (Å²) >= 11 is 0. The van der Waals surface area contributed by atoms with Crippen molar-refractivity contribution in [1.82, 2.24) is 0 Å². The minimum Gasteiger partial charge on any atom is -0.456 e. The van der Waals surface area contributed by atoms with Gasteiger partial charge in [0, 0.05) is 5.57 Å². The predicted molar refractivity (Wildman–Crippen MR) is 65.8 cm³/mol. The first-order chi connectivity index (χ1) is 7.75. The summed E-state index contributed by atoms with van der Waals surface area (Å²) < 4.78 is 5.35. The van der Waals surface area contributed by atoms with Gasteiger partial charge in [-0.2, -0.15) is 5.11 Å². The van der Waals surface area contributed by atoms with Crippen molar-refractivity contribution in [2.75, 3.05) is 0 Å². The second-order valence-corrected chi connectivity index (χ2v) is 5.92. The van der Waals surface area contributed by atoms with E-state index in [-0.39, 0.29) is 23.5 Å². The van der Waals surface area contributed by atoms with E-state index in [0.29, 0.717) is 11.5 Å². The summed E-state index contributed by atoms with van der Waals surface area (Å²) in [6, 6.07) is -0.322. The number of hydrogen-bond acceptors (Lipinski definition) is 4. The van der Waals surface area contributed by atoms with Crippen LogP contribution in [-0.4, -0.2) is 18.1 Å². The lowest BCUT2D eigenvalue weighted by Gasteiger charge is -2.33. The molecule has 1 aliphatic heterocycles. The van der Waals surface area contributed by atoms with Gasteiger partial charge in [-0.25, -0.2) is 10.3 Å². The predicted octanol–water partition coefficient (Wildman–Crippen LogP) is 3.33. The minimum absolute atomic E-state index is 0.162. The van der Waals surface area contributed by atoms with Gasteiger partial charge < -0.3 is 4.74 Å². The third-order valence-electron chi connectivity index (χ3n) is 3.60. The van der Waals surface area contributed by atoms with Crippen LogP contribution in [-0.2, 0) is 9.53 Å². The Kier molecular flexibility index (Phi) is 4.07. The van der Waals surface area contributed by atoms with Crippen LogP contribution in [0.15, 0.2) is 16.8 Å². The molecule has 1 N–H and O–H groups in total. The molecule has 0 spiro atoms. The van der Waals surface area contributed by atoms with Crippen LogP contribution in [0.1, 0.15) is 41.0 Å². The Hall–Kier alpha value is -1.19. The molecule has 17 heavy (non-hydrogen) atoms. The molecule has 0 saturated heterocycles. The summed E-state index contributed by atoms with van der Waals surface area (Å²) in [5, 5.41) is 3.55. The molecule has 0 aromatic heterocycles. The standard InChI is InChI=1S/C13H22N2O2/c1-8-6-10(15-14)11(17-12(8)16)7-9(2)13(3,4)5/h6,9-11,14H,7H2,1-5H3/t9?,10-,11+/m1/s1. The Morgan fingerprint density at radius 3 is 2.59 bits per heavy atom. The Morgan fingerprint density at radius 1 is 1.53 bits per heavy atom. The molecule has 96 valence electrons. The van der Waals surface area contributed by atoms with Crippen LogP contribution in [0.2, 0.25) is 0 Å². The Labute approximate surface area is 103 Å². The van der Waals surface area contributed by atoms with Crippen molar-refractivity contribution in [3.8, 4) is 0 Å². The van der Waals surface area contributed by atoms with Gasteiger partial charge in [-0.15, -0.1) is 0 Å². The molecule has 1 aliphatic rings. The zero-order valence-electron chi connectivity index (χ0n) is 11.3. The molecule has 0 fully saturated rings. The van der Waals surface area contributed by atoms with E-state index < -0.39 is 0 Å². The molecule has 1 rings (SSSR count). The lowest BCUT2D eigenvalue weighted by Crippen LogP contribution is -2.37. The maximum Gasteiger partial charge on any atom is 0.333 e. The van der Waals surface area contributed by atoms with Gasteiger partial charge in [-0.1, -0.05) is 27.7 Å². The Morgan fingerprint density at radius 2 is 2.12 bits per heavy atom. The van der Waals surface area contributed by atoms with Crippen LogP contribution in [0.3, 0.4) is 0 Å². The van der Waals surface area contributed by atoms with Gasteiger partial charge in [-0.3, -0.25) is 0 Å². The lowest BCUT2D eigenvalue weighted by molar-refractivity contribution is -0.147. The summed E-state index contributed by atoms with van der Waals surface area (Å²) in [6.45, 7) is 10.3. The fourth-order valence-corrected chi connectivity index (χ4v) is 1.74. The van der Waals surface area contributed by atoms with Crippen LogP contribution < -0.4 is 0 Å². The van der Waals surface area contributed by atoms with Crippen LogP contribution in [0.25, 0.3) is 0 Å². The van der Waals surface area contributed by atoms with Gasteiger partial charge in [0.2, 0.25) is 0 Å². The quantitative estimate of drug-likeness (QED) is 0.605. The monoisotopic (exact) mass is 238 g/mol. The highest BCUT2D eigenvalue weighted by molar-refractivity contribution is 5.88. The first kappa shape index (κ1) is 13.9. The normalized spacial score (nSPS) is 27.1. The van der Waals surface area contributed by atoms with Gasteiger partial charge in [0.25, 0.3) is 0 Å². The first-order valence-electron chi connectivity index (χ1n) is 6.01. The molecule has 0 aromatic rings. The van der Waals surface area contributed by atoms with Crippen LogP contribution in [0.4, 0.5) is 0 Å². The maximum absolute atomic E-state index is 11.5. The topological polar surface area (TPSA) is 62.5 Å². The molecule has 0 aromatic carbocycles. The molecule has 0 radical (unpaired) electrons. The van der Waals surface area contributed by atoms with E-state index in [1.54, 1.807) is 13.0 Å². The van der Waals surface area contributed by atoms with Crippen molar-refractivity contribution in [2.45, 2.75) is 53.2 Å². The van der Waals surface area contributed by atoms with Crippen LogP contribution in [0.5, 0.6) is 0 Å². The molecule has 0 amide bonds. The molecule has 0 saturated carbocycles. The number of nitrogens with one attached hydrogen (secondary N) is 1. The third-order valence-corrected chi connectivity index (χ3v) is 3.60. The fraction of sp³-hybridized carbons (Fsp3) is 0.769. The molecule has 4 heteroatoms. The van der Waals surface area contributed by atoms with Gasteiger partial charge in [0.1, 0.15) is 12.1 Å². The van der Waals surface area contributed by atoms with E-state index in [9.17, 15) is 4.79 Å². The van der Waals surface area contributed by atoms with E-state index in [2.05, 4.69) is 32.8 Å². The highest BCUT2D eigenvalue weighted by Gasteiger charge is 2.33. The average molecular weight is 238 g/mol. The molecule has 0 bridgehead atoms. The highest BCUT2D eigenvalue weighted by atomic mass is 16.5. The van der Waals surface area contributed by atoms with Crippen LogP contribution in [0, 0.1) is 16.9 Å². The molecule has 0 aliphatic carbocycles. The number of carbonyl (C=O) groups excluding carboxylic acids is 1. The summed E-state index contributed by atoms with van der Waals surface area (Å²) in [7, 11) is 0. The molecule has 3 atom stereocenters. The van der Waals surface area contributed by atoms with Gasteiger partial charge in [0.15, 0.2) is 0 Å². The smallest absolute Gasteiger partial charge is 0.333 e. The first-order valence-corrected chi connectivity index (χ1v) is 6.01. The number of esters is 1. The average Bonchev–Trinajstić information content (AvgIpc) is 2.21. The number of nitrogens with zero attached hydrogens (tertiary/aromatic N) is 1. The second kappa shape index (κ2) is 4.98. The number of rotatable bonds is 3. The van der Waals surface area contributed by atoms with Crippen molar-refractivity contribution in [3.63, 3.8) is 0 Å². The summed E-state index contributed by atoms with van der Waals surface area (Å²) in [6.07, 6.45) is 2.18. The molecular weight excluding hydrogens is 216 g/mol. The lowest BCUT2D eigenvalue weighted by atomic mass is 9.78. The third kappa shape index (κ3) is 3.38. The summed E-state index contributed by atoms with van der Waals surface area (Å²) in [5.74, 6) is 0.118. The Bertz CT molecular complexity index is 342. The molecular formula is C13H22N2O2. The number of hydrogen-bond donors (Lipinski definition) is 1. The van der Waals surface area contributed by atoms with E-state index in [0.717, 1.165) is 6.42 Å². The van der Waals surface area contributed by atoms with E-state index >= 15 is 0 Å². The maximum atomic E-state index is 11.5. The van der Waals surface area contributed by atoms with E-state index in [1.807, 2.05) is 0 Å². The summed E-state index contributed by atoms with van der Waals surface area (Å²) in [4.78, 5) is 11.5. The van der Waals surface area contributed by atoms with Crippen molar-refractivity contribution in [2.24, 2.45) is 16.4 Å². The molecule has 1 unspecified atom stereocenters. The SMILES string of the molecule is CC1=C[C@@H](N=N)[C@H](CC(C)C(C)(C)C)OC1=O. The number of cyclic esters (lactones) is 1. The molecule has 1 heterocycles. The van der Waals surface area contributed by atoms with Crippen molar-refractivity contribution >= 4 is 5.97 Å². The second-order valence-electron chi connectivity index (χ2n) is 5.92. The highest BCUT2D eigenvalue weighted by Crippen LogP contribution is 2.32. The number of ether oxygens (including phenoxy) is 1. The zero-order chi connectivity index (χ0) is 13.2. The van der Waals surface area contributed by atoms with Gasteiger partial charge in [0.05, 0.1) is 0 Å². The van der Waals surface area contributed by atoms with Crippen molar-refractivity contribution in [3.05, 3.63) is 11.6 Å². The summed E-state index contributed by atoms with van der Waals surface area (Å²) in [5.41, 5.74) is 7.88. The van der Waals surface area contributed by atoms with E-state index in [1.165, 1.54) is 0 Å². The van der Waals surface area contributed by atoms with E-state index in [4.69, 9.17) is 10.3 Å². The minimum atomic E-state index is -0.322. The van der Waals surface area contributed by atoms with Crippen molar-refractivity contribution < 1.29 is 9.53 Å². The zero-order valence-corrected chi connectivity index (χ0v) is 11.3. The Balaban J connectivity index is 2.78. The van der Waals surface area contributed by atoms with Gasteiger partial charge in [-0.05, 0) is 30.8 Å². The van der Waals surface area contributed by atoms with Crippen LogP contribution >= 0.6 is 0 Å². The van der Waals surface area contributed by atoms with Gasteiger partial charge >= 0.3 is 5.97 Å².